The molecule has 6 nitrogen and oxygen atoms in total. The molecule has 0 amide bonds. The predicted octanol–water partition coefficient (Wildman–Crippen LogP) is -3.93. The molecule has 10 heteroatoms. The van der Waals surface area contributed by atoms with Crippen LogP contribution in [0.1, 0.15) is 116 Å². The van der Waals surface area contributed by atoms with Gasteiger partial charge in [0.2, 0.25) is 0 Å². The van der Waals surface area contributed by atoms with Crippen molar-refractivity contribution in [3.05, 3.63) is 57.6 Å². The summed E-state index contributed by atoms with van der Waals surface area (Å²) in [6.45, 7) is 26.4. The Morgan fingerprint density at radius 2 is 0.795 bits per heavy atom. The van der Waals surface area contributed by atoms with Gasteiger partial charge in [-0.3, -0.25) is 0 Å². The number of aromatic hydroxyl groups is 2. The molecular weight excluding hydrogens is 544 g/mol. The molecule has 2 aromatic carbocycles. The van der Waals surface area contributed by atoms with Gasteiger partial charge in [0.05, 0.1) is 0 Å². The molecule has 0 fully saturated rings. The summed E-state index contributed by atoms with van der Waals surface area (Å²) in [6.07, 6.45) is 0.682. The molecule has 2 rings (SSSR count). The van der Waals surface area contributed by atoms with E-state index in [4.69, 9.17) is 19.2 Å². The third kappa shape index (κ3) is 13.5. The minimum Gasteiger partial charge on any atom is -0.822 e. The Labute approximate surface area is 302 Å². The number of rotatable bonds is 2. The first-order valence-electron chi connectivity index (χ1n) is 12.2. The van der Waals surface area contributed by atoms with Gasteiger partial charge >= 0.3 is 88.7 Å². The van der Waals surface area contributed by atoms with Crippen molar-refractivity contribution in [2.45, 2.75) is 111 Å². The summed E-state index contributed by atoms with van der Waals surface area (Å²) in [7, 11) is -5.39. The van der Waals surface area contributed by atoms with Crippen LogP contribution in [0.15, 0.2) is 24.3 Å². The molecule has 39 heavy (non-hydrogen) atoms. The average Bonchev–Trinajstić information content (AvgIpc) is 2.55. The second-order valence-corrected chi connectivity index (χ2v) is 14.5. The van der Waals surface area contributed by atoms with Gasteiger partial charge in [-0.05, 0) is 62.5 Å². The zero-order valence-electron chi connectivity index (χ0n) is 27.0. The molecule has 0 spiro atoms. The molecule has 204 valence electrons. The van der Waals surface area contributed by atoms with Crippen LogP contribution in [-0.4, -0.2) is 10.2 Å². The molecule has 0 heterocycles. The van der Waals surface area contributed by atoms with Crippen LogP contribution >= 0.6 is 7.82 Å². The Bertz CT molecular complexity index is 1040. The Balaban J connectivity index is -0.00000148. The van der Waals surface area contributed by atoms with Crippen molar-refractivity contribution in [2.75, 3.05) is 0 Å². The average molecular weight is 589 g/mol. The summed E-state index contributed by atoms with van der Waals surface area (Å²) in [5, 5.41) is 21.9. The van der Waals surface area contributed by atoms with Gasteiger partial charge in [0.1, 0.15) is 11.5 Å². The van der Waals surface area contributed by atoms with Crippen molar-refractivity contribution in [3.8, 4) is 11.5 Å². The van der Waals surface area contributed by atoms with E-state index in [1.165, 1.54) is 22.3 Å². The van der Waals surface area contributed by atoms with Crippen molar-refractivity contribution in [1.82, 2.24) is 0 Å². The van der Waals surface area contributed by atoms with E-state index in [1.54, 1.807) is 0 Å². The zero-order valence-corrected chi connectivity index (χ0v) is 33.9. The normalized spacial score (nSPS) is 12.3. The fraction of sp³-hybridized carbons (Fsp3) is 0.586. The van der Waals surface area contributed by atoms with Crippen LogP contribution in [0.2, 0.25) is 0 Å². The van der Waals surface area contributed by atoms with Crippen molar-refractivity contribution < 1.29 is 118 Å². The largest absolute Gasteiger partial charge is 1.00 e. The van der Waals surface area contributed by atoms with Gasteiger partial charge in [0, 0.05) is 11.1 Å². The standard InChI is InChI=1S/C29H44O2.3Na.H3O4P/c1-26(2,3)20-13-15-22(30)24(28(7,8)9)18(20)17-19-21(27(4,5)6)14-16-23(31)25(19)29(10,11)12;;;;1-5(2,3)4/h13-16,30-31H,17H2,1-12H3;;;;(H3,1,2,3,4)/q;3*+1;/p-3. The van der Waals surface area contributed by atoms with Crippen molar-refractivity contribution in [1.29, 1.82) is 0 Å². The SMILES string of the molecule is CC(C)(C)c1ccc(O)c(C(C)(C)C)c1Cc1c(C(C)(C)C)ccc(O)c1C(C)(C)C.O=P([O-])([O-])[O-].[Na+].[Na+].[Na+]. The van der Waals surface area contributed by atoms with Gasteiger partial charge in [0.15, 0.2) is 0 Å². The quantitative estimate of drug-likeness (QED) is 0.273. The van der Waals surface area contributed by atoms with Gasteiger partial charge in [-0.25, -0.2) is 0 Å². The predicted molar refractivity (Wildman–Crippen MR) is 141 cm³/mol. The molecule has 0 saturated heterocycles. The molecule has 0 saturated carbocycles. The van der Waals surface area contributed by atoms with E-state index in [1.807, 2.05) is 12.1 Å². The maximum atomic E-state index is 11.0. The van der Waals surface area contributed by atoms with Crippen LogP contribution in [0.4, 0.5) is 0 Å². The second kappa shape index (κ2) is 15.7. The smallest absolute Gasteiger partial charge is 0.822 e. The molecular formula is C29H44Na3O6P. The molecule has 0 aromatic heterocycles. The maximum absolute atomic E-state index is 11.0. The molecule has 2 aromatic rings. The Hall–Kier alpha value is 1.15. The number of hydrogen-bond acceptors (Lipinski definition) is 6. The number of benzene rings is 2. The van der Waals surface area contributed by atoms with Crippen LogP contribution in [0.5, 0.6) is 11.5 Å². The number of phenolic OH excluding ortho intramolecular Hbond substituents is 2. The summed E-state index contributed by atoms with van der Waals surface area (Å²) in [5.41, 5.74) is 6.32. The molecule has 0 unspecified atom stereocenters. The third-order valence-electron chi connectivity index (χ3n) is 6.05. The first-order chi connectivity index (χ1) is 15.8. The second-order valence-electron chi connectivity index (χ2n) is 13.6. The summed E-state index contributed by atoms with van der Waals surface area (Å²) in [5.74, 6) is 0.704. The first-order valence-corrected chi connectivity index (χ1v) is 13.7. The summed E-state index contributed by atoms with van der Waals surface area (Å²) < 4.78 is 8.55. The molecule has 0 atom stereocenters. The van der Waals surface area contributed by atoms with Gasteiger partial charge in [-0.15, -0.1) is 0 Å². The van der Waals surface area contributed by atoms with E-state index >= 15 is 0 Å². The monoisotopic (exact) mass is 588 g/mol. The van der Waals surface area contributed by atoms with E-state index in [2.05, 4.69) is 95.2 Å². The fourth-order valence-corrected chi connectivity index (χ4v) is 4.89. The van der Waals surface area contributed by atoms with E-state index in [-0.39, 0.29) is 110 Å². The topological polar surface area (TPSA) is 127 Å². The van der Waals surface area contributed by atoms with E-state index < -0.39 is 7.82 Å². The molecule has 0 radical (unpaired) electrons. The number of phosphoric acid groups is 1. The molecule has 0 aliphatic heterocycles. The van der Waals surface area contributed by atoms with Crippen LogP contribution in [0, 0.1) is 0 Å². The summed E-state index contributed by atoms with van der Waals surface area (Å²) in [6, 6.07) is 7.86. The van der Waals surface area contributed by atoms with Crippen molar-refractivity contribution in [3.63, 3.8) is 0 Å². The summed E-state index contributed by atoms with van der Waals surface area (Å²) >= 11 is 0. The molecule has 0 aliphatic carbocycles. The third-order valence-corrected chi connectivity index (χ3v) is 6.05. The first kappa shape index (κ1) is 44.6. The zero-order chi connectivity index (χ0) is 28.7. The maximum Gasteiger partial charge on any atom is 1.00 e. The van der Waals surface area contributed by atoms with Crippen LogP contribution in [0.3, 0.4) is 0 Å². The van der Waals surface area contributed by atoms with E-state index in [0.29, 0.717) is 17.9 Å². The summed E-state index contributed by atoms with van der Waals surface area (Å²) in [4.78, 5) is 25.6. The van der Waals surface area contributed by atoms with E-state index in [0.717, 1.165) is 11.1 Å². The van der Waals surface area contributed by atoms with Gasteiger partial charge in [0.25, 0.3) is 0 Å². The van der Waals surface area contributed by atoms with Crippen LogP contribution < -0.4 is 103 Å². The van der Waals surface area contributed by atoms with Gasteiger partial charge < -0.3 is 29.5 Å². The van der Waals surface area contributed by atoms with Gasteiger partial charge in [-0.1, -0.05) is 95.2 Å². The number of hydrogen-bond donors (Lipinski definition) is 2. The number of phenols is 2. The minimum atomic E-state index is -5.39. The van der Waals surface area contributed by atoms with Crippen LogP contribution in [0.25, 0.3) is 0 Å². The molecule has 0 aliphatic rings. The molecule has 2 N–H and O–H groups in total. The Morgan fingerprint density at radius 3 is 0.974 bits per heavy atom. The van der Waals surface area contributed by atoms with E-state index in [9.17, 15) is 10.2 Å². The fourth-order valence-electron chi connectivity index (χ4n) is 4.89. The Kier molecular flexibility index (Phi) is 18.0. The van der Waals surface area contributed by atoms with Crippen molar-refractivity contribution >= 4 is 7.82 Å². The minimum absolute atomic E-state index is 0. The van der Waals surface area contributed by atoms with Gasteiger partial charge in [-0.2, -0.15) is 7.82 Å². The van der Waals surface area contributed by atoms with Crippen LogP contribution in [-0.2, 0) is 32.6 Å². The Morgan fingerprint density at radius 1 is 0.564 bits per heavy atom. The molecule has 0 bridgehead atoms. The van der Waals surface area contributed by atoms with Crippen molar-refractivity contribution in [2.24, 2.45) is 0 Å².